The Morgan fingerprint density at radius 3 is 2.50 bits per heavy atom. The molecule has 174 valence electrons. The zero-order chi connectivity index (χ0) is 23.2. The van der Waals surface area contributed by atoms with E-state index in [9.17, 15) is 9.18 Å². The van der Waals surface area contributed by atoms with Crippen LogP contribution in [0.5, 0.6) is 5.75 Å². The number of nitrogen functional groups attached to an aromatic ring is 1. The smallest absolute Gasteiger partial charge is 0.251 e. The highest BCUT2D eigenvalue weighted by molar-refractivity contribution is 5.97. The number of rotatable bonds is 5. The number of halogens is 1. The molecule has 2 aliphatic heterocycles. The molecule has 1 aliphatic carbocycles. The molecule has 1 aromatic heterocycles. The van der Waals surface area contributed by atoms with Gasteiger partial charge in [-0.15, -0.1) is 0 Å². The van der Waals surface area contributed by atoms with Crippen LogP contribution in [-0.4, -0.2) is 47.6 Å². The molecule has 0 atom stereocenters. The number of nitrogens with zero attached hydrogens (tertiary/aromatic N) is 2. The lowest BCUT2D eigenvalue weighted by Gasteiger charge is -2.47. The molecule has 0 radical (unpaired) electrons. The molecular weight excluding hydrogens is 431 g/mol. The summed E-state index contributed by atoms with van der Waals surface area (Å²) in [6.07, 6.45) is 4.93. The van der Waals surface area contributed by atoms with E-state index in [1.807, 2.05) is 36.4 Å². The number of fused-ring (bicyclic) bond motifs is 1. The molecule has 2 fully saturated rings. The number of amides is 1. The van der Waals surface area contributed by atoms with Crippen LogP contribution in [0.4, 0.5) is 10.2 Å². The molecule has 1 saturated carbocycles. The number of hydrogen-bond acceptors (Lipinski definition) is 5. The van der Waals surface area contributed by atoms with E-state index in [-0.39, 0.29) is 17.8 Å². The second-order valence-electron chi connectivity index (χ2n) is 9.44. The third kappa shape index (κ3) is 3.80. The second kappa shape index (κ2) is 8.40. The van der Waals surface area contributed by atoms with E-state index in [1.54, 1.807) is 12.1 Å². The first-order chi connectivity index (χ1) is 16.5. The summed E-state index contributed by atoms with van der Waals surface area (Å²) in [4.78, 5) is 18.5. The van der Waals surface area contributed by atoms with Crippen LogP contribution >= 0.6 is 0 Å². The van der Waals surface area contributed by atoms with Crippen molar-refractivity contribution in [2.45, 2.75) is 37.8 Å². The highest BCUT2D eigenvalue weighted by atomic mass is 19.1. The van der Waals surface area contributed by atoms with Crippen LogP contribution in [-0.2, 0) is 6.42 Å². The summed E-state index contributed by atoms with van der Waals surface area (Å²) in [5.41, 5.74) is 10.3. The number of aromatic nitrogens is 1. The van der Waals surface area contributed by atoms with E-state index >= 15 is 0 Å². The minimum atomic E-state index is -0.609. The summed E-state index contributed by atoms with van der Waals surface area (Å²) >= 11 is 0. The van der Waals surface area contributed by atoms with Gasteiger partial charge in [0.25, 0.3) is 5.91 Å². The van der Waals surface area contributed by atoms with Crippen molar-refractivity contribution in [3.05, 3.63) is 65.6 Å². The van der Waals surface area contributed by atoms with Crippen LogP contribution in [0.3, 0.4) is 0 Å². The summed E-state index contributed by atoms with van der Waals surface area (Å²) in [6, 6.07) is 15.5. The van der Waals surface area contributed by atoms with E-state index in [0.29, 0.717) is 28.8 Å². The molecule has 6 rings (SSSR count). The molecule has 34 heavy (non-hydrogen) atoms. The Labute approximate surface area is 197 Å². The third-order valence-corrected chi connectivity index (χ3v) is 7.28. The first kappa shape index (κ1) is 21.1. The van der Waals surface area contributed by atoms with E-state index in [0.717, 1.165) is 42.4 Å². The van der Waals surface area contributed by atoms with Crippen LogP contribution in [0.25, 0.3) is 22.3 Å². The van der Waals surface area contributed by atoms with Gasteiger partial charge in [0.1, 0.15) is 17.7 Å². The summed E-state index contributed by atoms with van der Waals surface area (Å²) in [7, 11) is 0. The molecule has 3 heterocycles. The Morgan fingerprint density at radius 1 is 1.00 bits per heavy atom. The van der Waals surface area contributed by atoms with E-state index < -0.39 is 5.95 Å². The monoisotopic (exact) mass is 458 g/mol. The largest absolute Gasteiger partial charge is 0.488 e. The topological polar surface area (TPSA) is 80.5 Å². The maximum absolute atomic E-state index is 14.8. The number of benzene rings is 2. The van der Waals surface area contributed by atoms with Crippen molar-refractivity contribution in [3.8, 4) is 28.0 Å². The highest BCUT2D eigenvalue weighted by Crippen LogP contribution is 2.34. The molecule has 3 aliphatic rings. The average molecular weight is 459 g/mol. The highest BCUT2D eigenvalue weighted by Gasteiger charge is 2.36. The molecule has 3 N–H and O–H groups in total. The molecule has 0 bridgehead atoms. The maximum atomic E-state index is 14.8. The van der Waals surface area contributed by atoms with Gasteiger partial charge in [-0.25, -0.2) is 4.98 Å². The fourth-order valence-corrected chi connectivity index (χ4v) is 5.03. The first-order valence-corrected chi connectivity index (χ1v) is 11.9. The molecule has 2 aromatic carbocycles. The lowest BCUT2D eigenvalue weighted by atomic mass is 9.89. The van der Waals surface area contributed by atoms with Gasteiger partial charge >= 0.3 is 0 Å². The Hall–Kier alpha value is -3.45. The number of nitrogens with two attached hydrogens (primary N) is 1. The van der Waals surface area contributed by atoms with Crippen LogP contribution < -0.4 is 15.8 Å². The number of likely N-dealkylation sites (tertiary alicyclic amines) is 1. The average Bonchev–Trinajstić information content (AvgIpc) is 2.77. The SMILES string of the molecule is Nc1nc(F)c(-c2ccc(OC3CN(C4CCC4)C3)cc2)cc1-c1ccc2c(c1)CCNC2=O. The summed E-state index contributed by atoms with van der Waals surface area (Å²) in [6.45, 7) is 2.56. The molecular formula is C27H27FN4O2. The number of carbonyl (C=O) groups excluding carboxylic acids is 1. The zero-order valence-electron chi connectivity index (χ0n) is 18.9. The summed E-state index contributed by atoms with van der Waals surface area (Å²) in [5.74, 6) is 0.238. The van der Waals surface area contributed by atoms with Crippen molar-refractivity contribution < 1.29 is 13.9 Å². The van der Waals surface area contributed by atoms with Crippen molar-refractivity contribution in [2.24, 2.45) is 0 Å². The van der Waals surface area contributed by atoms with Gasteiger partial charge in [-0.1, -0.05) is 30.7 Å². The minimum Gasteiger partial charge on any atom is -0.488 e. The van der Waals surface area contributed by atoms with Gasteiger partial charge in [0.05, 0.1) is 0 Å². The predicted molar refractivity (Wildman–Crippen MR) is 129 cm³/mol. The Balaban J connectivity index is 1.22. The van der Waals surface area contributed by atoms with Gasteiger partial charge < -0.3 is 15.8 Å². The summed E-state index contributed by atoms with van der Waals surface area (Å²) < 4.78 is 20.9. The van der Waals surface area contributed by atoms with E-state index in [2.05, 4.69) is 15.2 Å². The number of carbonyl (C=O) groups is 1. The summed E-state index contributed by atoms with van der Waals surface area (Å²) in [5, 5.41) is 2.84. The lowest BCUT2D eigenvalue weighted by Crippen LogP contribution is -2.59. The minimum absolute atomic E-state index is 0.0707. The second-order valence-corrected chi connectivity index (χ2v) is 9.44. The van der Waals surface area contributed by atoms with Gasteiger partial charge in [0.15, 0.2) is 0 Å². The van der Waals surface area contributed by atoms with Crippen molar-refractivity contribution in [1.82, 2.24) is 15.2 Å². The van der Waals surface area contributed by atoms with Gasteiger partial charge in [-0.2, -0.15) is 4.39 Å². The fourth-order valence-electron chi connectivity index (χ4n) is 5.03. The van der Waals surface area contributed by atoms with Gasteiger partial charge in [-0.05, 0) is 60.2 Å². The van der Waals surface area contributed by atoms with Gasteiger partial charge in [0, 0.05) is 42.4 Å². The Morgan fingerprint density at radius 2 is 1.76 bits per heavy atom. The van der Waals surface area contributed by atoms with Crippen LogP contribution in [0.15, 0.2) is 48.5 Å². The lowest BCUT2D eigenvalue weighted by molar-refractivity contribution is -0.0308. The fraction of sp³-hybridized carbons (Fsp3) is 0.333. The third-order valence-electron chi connectivity index (χ3n) is 7.28. The van der Waals surface area contributed by atoms with Crippen LogP contribution in [0.1, 0.15) is 35.2 Å². The number of pyridine rings is 1. The number of anilines is 1. The molecule has 0 spiro atoms. The van der Waals surface area contributed by atoms with Gasteiger partial charge in [-0.3, -0.25) is 9.69 Å². The normalized spacial score (nSPS) is 18.6. The standard InChI is InChI=1S/C27H27FN4O2/c28-25-23(16-4-7-20(8-5-16)34-21-14-32(15-21)19-2-1-3-19)13-24(26(29)31-25)17-6-9-22-18(12-17)10-11-30-27(22)33/h4-9,12-13,19,21H,1-3,10-11,14-15H2,(H2,29,31)(H,30,33). The molecule has 1 amide bonds. The number of nitrogens with one attached hydrogen (secondary N) is 1. The molecule has 0 unspecified atom stereocenters. The molecule has 1 saturated heterocycles. The molecule has 6 nitrogen and oxygen atoms in total. The Bertz CT molecular complexity index is 1250. The van der Waals surface area contributed by atoms with Crippen molar-refractivity contribution >= 4 is 11.7 Å². The quantitative estimate of drug-likeness (QED) is 0.564. The Kier molecular flexibility index (Phi) is 5.21. The predicted octanol–water partition coefficient (Wildman–Crippen LogP) is 4.04. The number of ether oxygens (including phenoxy) is 1. The van der Waals surface area contributed by atoms with Crippen molar-refractivity contribution in [2.75, 3.05) is 25.4 Å². The number of hydrogen-bond donors (Lipinski definition) is 2. The zero-order valence-corrected chi connectivity index (χ0v) is 18.9. The molecule has 3 aromatic rings. The van der Waals surface area contributed by atoms with Crippen molar-refractivity contribution in [1.29, 1.82) is 0 Å². The van der Waals surface area contributed by atoms with E-state index in [1.165, 1.54) is 19.3 Å². The van der Waals surface area contributed by atoms with E-state index in [4.69, 9.17) is 10.5 Å². The van der Waals surface area contributed by atoms with Crippen molar-refractivity contribution in [3.63, 3.8) is 0 Å². The van der Waals surface area contributed by atoms with Gasteiger partial charge in [0.2, 0.25) is 5.95 Å². The van der Waals surface area contributed by atoms with Crippen LogP contribution in [0, 0.1) is 5.95 Å². The van der Waals surface area contributed by atoms with Crippen LogP contribution in [0.2, 0.25) is 0 Å². The molecule has 7 heteroatoms. The maximum Gasteiger partial charge on any atom is 0.251 e. The first-order valence-electron chi connectivity index (χ1n) is 11.9.